The van der Waals surface area contributed by atoms with Gasteiger partial charge >= 0.3 is 0 Å². The Bertz CT molecular complexity index is 1080. The maximum Gasteiger partial charge on any atom is 0.263 e. The Morgan fingerprint density at radius 1 is 1.15 bits per heavy atom. The van der Waals surface area contributed by atoms with Gasteiger partial charge in [0.05, 0.1) is 11.4 Å². The highest BCUT2D eigenvalue weighted by Gasteiger charge is 2.20. The number of carbonyl (C=O) groups is 1. The van der Waals surface area contributed by atoms with Crippen LogP contribution in [0.25, 0.3) is 5.65 Å². The van der Waals surface area contributed by atoms with Crippen molar-refractivity contribution in [3.63, 3.8) is 0 Å². The van der Waals surface area contributed by atoms with Crippen LogP contribution in [0.1, 0.15) is 32.2 Å². The highest BCUT2D eigenvalue weighted by molar-refractivity contribution is 7.15. The summed E-state index contributed by atoms with van der Waals surface area (Å²) in [6, 6.07) is 12.0. The van der Waals surface area contributed by atoms with E-state index in [-0.39, 0.29) is 5.91 Å². The van der Waals surface area contributed by atoms with Crippen LogP contribution in [0.15, 0.2) is 48.8 Å². The predicted molar refractivity (Wildman–Crippen MR) is 102 cm³/mol. The second-order valence-corrected chi connectivity index (χ2v) is 7.08. The van der Waals surface area contributed by atoms with Crippen molar-refractivity contribution in [3.05, 3.63) is 76.2 Å². The molecular formula is C19H17N5OS. The zero-order chi connectivity index (χ0) is 18.1. The van der Waals surface area contributed by atoms with Gasteiger partial charge in [0.15, 0.2) is 10.8 Å². The standard InChI is InChI=1S/C19H17N5OS/c1-12-15(11-14-7-4-3-5-8-14)26-19(21-12)22-18(25)16-13(2)23-24-10-6-9-20-17(16)24/h3-10H,11H2,1-2H3,(H,21,22,25). The third-order valence-corrected chi connectivity index (χ3v) is 5.19. The number of rotatable bonds is 4. The van der Waals surface area contributed by atoms with E-state index in [0.29, 0.717) is 22.0 Å². The van der Waals surface area contributed by atoms with E-state index in [0.717, 1.165) is 17.0 Å². The first-order chi connectivity index (χ1) is 12.6. The van der Waals surface area contributed by atoms with Crippen LogP contribution in [0, 0.1) is 13.8 Å². The summed E-state index contributed by atoms with van der Waals surface area (Å²) in [6.07, 6.45) is 4.23. The van der Waals surface area contributed by atoms with Gasteiger partial charge in [-0.3, -0.25) is 10.1 Å². The number of benzene rings is 1. The van der Waals surface area contributed by atoms with Gasteiger partial charge in [-0.05, 0) is 25.5 Å². The Hall–Kier alpha value is -3.06. The quantitative estimate of drug-likeness (QED) is 0.601. The van der Waals surface area contributed by atoms with E-state index in [1.807, 2.05) is 25.1 Å². The predicted octanol–water partition coefficient (Wildman–Crippen LogP) is 3.65. The summed E-state index contributed by atoms with van der Waals surface area (Å²) >= 11 is 1.50. The molecule has 3 aromatic heterocycles. The van der Waals surface area contributed by atoms with Gasteiger partial charge in [0.25, 0.3) is 5.91 Å². The van der Waals surface area contributed by atoms with Crippen molar-refractivity contribution < 1.29 is 4.79 Å². The van der Waals surface area contributed by atoms with E-state index >= 15 is 0 Å². The molecule has 0 unspecified atom stereocenters. The average Bonchev–Trinajstić information content (AvgIpc) is 3.14. The van der Waals surface area contributed by atoms with Gasteiger partial charge in [-0.1, -0.05) is 30.3 Å². The van der Waals surface area contributed by atoms with E-state index < -0.39 is 0 Å². The second kappa shape index (κ2) is 6.68. The number of carbonyl (C=O) groups excluding carboxylic acids is 1. The van der Waals surface area contributed by atoms with Crippen LogP contribution in [-0.4, -0.2) is 25.5 Å². The van der Waals surface area contributed by atoms with Crippen molar-refractivity contribution in [3.8, 4) is 0 Å². The Morgan fingerprint density at radius 2 is 1.96 bits per heavy atom. The van der Waals surface area contributed by atoms with E-state index in [2.05, 4.69) is 32.5 Å². The Labute approximate surface area is 154 Å². The van der Waals surface area contributed by atoms with Gasteiger partial charge in [-0.25, -0.2) is 14.5 Å². The van der Waals surface area contributed by atoms with Crippen molar-refractivity contribution in [2.24, 2.45) is 0 Å². The Morgan fingerprint density at radius 3 is 2.77 bits per heavy atom. The summed E-state index contributed by atoms with van der Waals surface area (Å²) in [4.78, 5) is 22.7. The van der Waals surface area contributed by atoms with E-state index in [9.17, 15) is 4.79 Å². The largest absolute Gasteiger partial charge is 0.298 e. The number of hydrogen-bond donors (Lipinski definition) is 1. The molecule has 0 aliphatic carbocycles. The number of thiazole rings is 1. The number of hydrogen-bond acceptors (Lipinski definition) is 5. The maximum atomic E-state index is 12.8. The summed E-state index contributed by atoms with van der Waals surface area (Å²) < 4.78 is 1.61. The molecule has 130 valence electrons. The van der Waals surface area contributed by atoms with Crippen LogP contribution in [0.2, 0.25) is 0 Å². The third kappa shape index (κ3) is 3.09. The van der Waals surface area contributed by atoms with Gasteiger partial charge < -0.3 is 0 Å². The van der Waals surface area contributed by atoms with Crippen molar-refractivity contribution in [1.82, 2.24) is 19.6 Å². The lowest BCUT2D eigenvalue weighted by atomic mass is 10.1. The number of amides is 1. The lowest BCUT2D eigenvalue weighted by Gasteiger charge is -2.00. The Kier molecular flexibility index (Phi) is 4.22. The minimum Gasteiger partial charge on any atom is -0.298 e. The normalized spacial score (nSPS) is 11.0. The average molecular weight is 363 g/mol. The lowest BCUT2D eigenvalue weighted by Crippen LogP contribution is -2.13. The lowest BCUT2D eigenvalue weighted by molar-refractivity contribution is 0.102. The molecule has 0 radical (unpaired) electrons. The number of nitrogens with one attached hydrogen (secondary N) is 1. The zero-order valence-corrected chi connectivity index (χ0v) is 15.2. The summed E-state index contributed by atoms with van der Waals surface area (Å²) in [5.41, 5.74) is 3.81. The highest BCUT2D eigenvalue weighted by atomic mass is 32.1. The molecule has 1 aromatic carbocycles. The second-order valence-electron chi connectivity index (χ2n) is 5.99. The summed E-state index contributed by atoms with van der Waals surface area (Å²) in [5.74, 6) is -0.240. The molecule has 4 rings (SSSR count). The van der Waals surface area contributed by atoms with Crippen molar-refractivity contribution in [2.45, 2.75) is 20.3 Å². The smallest absolute Gasteiger partial charge is 0.263 e. The molecule has 0 aliphatic rings. The van der Waals surface area contributed by atoms with Gasteiger partial charge in [-0.15, -0.1) is 11.3 Å². The van der Waals surface area contributed by atoms with Crippen LogP contribution in [0.5, 0.6) is 0 Å². The first-order valence-corrected chi connectivity index (χ1v) is 9.05. The van der Waals surface area contributed by atoms with E-state index in [1.165, 1.54) is 16.9 Å². The van der Waals surface area contributed by atoms with Crippen molar-refractivity contribution in [2.75, 3.05) is 5.32 Å². The number of anilines is 1. The molecule has 7 heteroatoms. The molecular weight excluding hydrogens is 346 g/mol. The fraction of sp³-hybridized carbons (Fsp3) is 0.158. The monoisotopic (exact) mass is 363 g/mol. The van der Waals surface area contributed by atoms with E-state index in [1.54, 1.807) is 29.9 Å². The summed E-state index contributed by atoms with van der Waals surface area (Å²) in [5, 5.41) is 7.82. The molecule has 4 aromatic rings. The number of fused-ring (bicyclic) bond motifs is 1. The minimum absolute atomic E-state index is 0.240. The zero-order valence-electron chi connectivity index (χ0n) is 14.4. The summed E-state index contributed by atoms with van der Waals surface area (Å²) in [6.45, 7) is 3.77. The Balaban J connectivity index is 1.58. The molecule has 3 heterocycles. The van der Waals surface area contributed by atoms with Crippen LogP contribution < -0.4 is 5.32 Å². The highest BCUT2D eigenvalue weighted by Crippen LogP contribution is 2.26. The van der Waals surface area contributed by atoms with Gasteiger partial charge in [0.1, 0.15) is 5.56 Å². The van der Waals surface area contributed by atoms with Crippen LogP contribution in [-0.2, 0) is 6.42 Å². The number of nitrogens with zero attached hydrogens (tertiary/aromatic N) is 4. The SMILES string of the molecule is Cc1nc(NC(=O)c2c(C)nn3cccnc23)sc1Cc1ccccc1. The fourth-order valence-corrected chi connectivity index (χ4v) is 3.84. The number of aryl methyl sites for hydroxylation is 2. The van der Waals surface area contributed by atoms with Crippen LogP contribution in [0.3, 0.4) is 0 Å². The fourth-order valence-electron chi connectivity index (χ4n) is 2.85. The molecule has 0 spiro atoms. The van der Waals surface area contributed by atoms with Crippen LogP contribution in [0.4, 0.5) is 5.13 Å². The van der Waals surface area contributed by atoms with Crippen LogP contribution >= 0.6 is 11.3 Å². The first-order valence-electron chi connectivity index (χ1n) is 8.23. The molecule has 0 bridgehead atoms. The van der Waals surface area contributed by atoms with Crippen molar-refractivity contribution in [1.29, 1.82) is 0 Å². The topological polar surface area (TPSA) is 72.2 Å². The molecule has 1 N–H and O–H groups in total. The molecule has 0 saturated carbocycles. The molecule has 0 atom stereocenters. The molecule has 0 aliphatic heterocycles. The molecule has 6 nitrogen and oxygen atoms in total. The maximum absolute atomic E-state index is 12.8. The molecule has 0 saturated heterocycles. The van der Waals surface area contributed by atoms with Crippen molar-refractivity contribution >= 4 is 28.0 Å². The first kappa shape index (κ1) is 16.4. The third-order valence-electron chi connectivity index (χ3n) is 4.12. The van der Waals surface area contributed by atoms with E-state index in [4.69, 9.17) is 0 Å². The van der Waals surface area contributed by atoms with Gasteiger partial charge in [0, 0.05) is 23.7 Å². The summed E-state index contributed by atoms with van der Waals surface area (Å²) in [7, 11) is 0. The van der Waals surface area contributed by atoms with Gasteiger partial charge in [0.2, 0.25) is 0 Å². The molecule has 0 fully saturated rings. The van der Waals surface area contributed by atoms with Gasteiger partial charge in [-0.2, -0.15) is 5.10 Å². The molecule has 26 heavy (non-hydrogen) atoms. The molecule has 1 amide bonds. The minimum atomic E-state index is -0.240. The number of aromatic nitrogens is 4.